The van der Waals surface area contributed by atoms with Crippen LogP contribution < -0.4 is 21.5 Å². The van der Waals surface area contributed by atoms with E-state index in [4.69, 9.17) is 16.2 Å². The Kier molecular flexibility index (Phi) is 4.00. The fraction of sp³-hybridized carbons (Fsp3) is 0.500. The normalized spacial score (nSPS) is 12.2. The largest absolute Gasteiger partial charge is 0.492 e. The second kappa shape index (κ2) is 5.07. The van der Waals surface area contributed by atoms with Crippen molar-refractivity contribution in [3.05, 3.63) is 4.88 Å². The zero-order chi connectivity index (χ0) is 12.3. The molecule has 1 rings (SSSR count). The highest BCUT2D eigenvalue weighted by molar-refractivity contribution is 7.19. The van der Waals surface area contributed by atoms with Crippen molar-refractivity contribution in [2.24, 2.45) is 5.73 Å². The fourth-order valence-corrected chi connectivity index (χ4v) is 2.29. The number of ether oxygens (including phenoxy) is 1. The standard InChI is InChI=1S/C10H17N3O2S/c1-4-5(2)13-10-7(15-3)6(11)8(16-10)9(12)14/h5,13H,4,11H2,1-3H3,(H2,12,14). The van der Waals surface area contributed by atoms with Crippen LogP contribution in [-0.4, -0.2) is 19.1 Å². The van der Waals surface area contributed by atoms with E-state index in [0.29, 0.717) is 16.3 Å². The first-order valence-corrected chi connectivity index (χ1v) is 5.85. The number of hydrogen-bond donors (Lipinski definition) is 3. The summed E-state index contributed by atoms with van der Waals surface area (Å²) in [5, 5.41) is 3.99. The molecule has 1 amide bonds. The molecule has 0 aliphatic rings. The molecule has 16 heavy (non-hydrogen) atoms. The molecule has 1 heterocycles. The van der Waals surface area contributed by atoms with Gasteiger partial charge >= 0.3 is 0 Å². The van der Waals surface area contributed by atoms with Crippen molar-refractivity contribution in [1.82, 2.24) is 0 Å². The summed E-state index contributed by atoms with van der Waals surface area (Å²) < 4.78 is 5.17. The lowest BCUT2D eigenvalue weighted by atomic mass is 10.2. The highest BCUT2D eigenvalue weighted by atomic mass is 32.1. The molecule has 0 radical (unpaired) electrons. The van der Waals surface area contributed by atoms with Crippen molar-refractivity contribution < 1.29 is 9.53 Å². The van der Waals surface area contributed by atoms with Crippen LogP contribution in [0.3, 0.4) is 0 Å². The monoisotopic (exact) mass is 243 g/mol. The minimum Gasteiger partial charge on any atom is -0.492 e. The fourth-order valence-electron chi connectivity index (χ4n) is 1.24. The third kappa shape index (κ3) is 2.38. The summed E-state index contributed by atoms with van der Waals surface area (Å²) in [5.74, 6) is -0.0305. The van der Waals surface area contributed by atoms with E-state index in [1.54, 1.807) is 0 Å². The van der Waals surface area contributed by atoms with E-state index in [1.165, 1.54) is 18.4 Å². The molecule has 0 aliphatic heterocycles. The number of thiophene rings is 1. The average molecular weight is 243 g/mol. The SMILES string of the molecule is CCC(C)Nc1sc(C(N)=O)c(N)c1OC. The van der Waals surface area contributed by atoms with Crippen LogP contribution in [-0.2, 0) is 0 Å². The summed E-state index contributed by atoms with van der Waals surface area (Å²) in [4.78, 5) is 11.5. The molecule has 1 aromatic heterocycles. The molecule has 90 valence electrons. The van der Waals surface area contributed by atoms with Crippen LogP contribution in [0.5, 0.6) is 5.75 Å². The molecule has 0 saturated carbocycles. The third-order valence-corrected chi connectivity index (χ3v) is 3.45. The predicted molar refractivity (Wildman–Crippen MR) is 67.2 cm³/mol. The van der Waals surface area contributed by atoms with Crippen LogP contribution in [0.1, 0.15) is 29.9 Å². The van der Waals surface area contributed by atoms with Crippen molar-refractivity contribution in [2.45, 2.75) is 26.3 Å². The van der Waals surface area contributed by atoms with E-state index in [2.05, 4.69) is 12.2 Å². The maximum Gasteiger partial charge on any atom is 0.261 e. The second-order valence-electron chi connectivity index (χ2n) is 3.53. The van der Waals surface area contributed by atoms with E-state index >= 15 is 0 Å². The lowest BCUT2D eigenvalue weighted by Crippen LogP contribution is -2.12. The van der Waals surface area contributed by atoms with Gasteiger partial charge in [0.15, 0.2) is 5.75 Å². The Morgan fingerprint density at radius 3 is 2.69 bits per heavy atom. The van der Waals surface area contributed by atoms with E-state index in [-0.39, 0.29) is 6.04 Å². The first-order chi connectivity index (χ1) is 7.51. The number of carbonyl (C=O) groups is 1. The van der Waals surface area contributed by atoms with Gasteiger partial charge in [-0.05, 0) is 13.3 Å². The maximum atomic E-state index is 11.1. The highest BCUT2D eigenvalue weighted by Gasteiger charge is 2.20. The van der Waals surface area contributed by atoms with Gasteiger partial charge in [-0.15, -0.1) is 11.3 Å². The Morgan fingerprint density at radius 1 is 1.62 bits per heavy atom. The Labute approximate surface area is 98.8 Å². The predicted octanol–water partition coefficient (Wildman–Crippen LogP) is 1.65. The molecule has 0 spiro atoms. The van der Waals surface area contributed by atoms with Crippen LogP contribution in [0.4, 0.5) is 10.7 Å². The average Bonchev–Trinajstić information content (AvgIpc) is 2.55. The zero-order valence-electron chi connectivity index (χ0n) is 9.66. The lowest BCUT2D eigenvalue weighted by Gasteiger charge is -2.12. The summed E-state index contributed by atoms with van der Waals surface area (Å²) in [7, 11) is 1.52. The van der Waals surface area contributed by atoms with Crippen molar-refractivity contribution in [3.8, 4) is 5.75 Å². The Morgan fingerprint density at radius 2 is 2.25 bits per heavy atom. The van der Waals surface area contributed by atoms with Gasteiger partial charge in [0.05, 0.1) is 7.11 Å². The molecule has 5 nitrogen and oxygen atoms in total. The van der Waals surface area contributed by atoms with Gasteiger partial charge in [0.25, 0.3) is 5.91 Å². The molecule has 1 aromatic rings. The van der Waals surface area contributed by atoms with Crippen LogP contribution in [0.15, 0.2) is 0 Å². The number of nitrogens with two attached hydrogens (primary N) is 2. The van der Waals surface area contributed by atoms with Gasteiger partial charge in [-0.3, -0.25) is 4.79 Å². The van der Waals surface area contributed by atoms with E-state index in [9.17, 15) is 4.79 Å². The van der Waals surface area contributed by atoms with E-state index in [1.807, 2.05) is 6.92 Å². The van der Waals surface area contributed by atoms with Gasteiger partial charge in [0, 0.05) is 6.04 Å². The van der Waals surface area contributed by atoms with Crippen LogP contribution >= 0.6 is 11.3 Å². The van der Waals surface area contributed by atoms with E-state index < -0.39 is 5.91 Å². The van der Waals surface area contributed by atoms with Gasteiger partial charge in [-0.2, -0.15) is 0 Å². The number of anilines is 2. The summed E-state index contributed by atoms with van der Waals surface area (Å²) in [5.41, 5.74) is 11.3. The highest BCUT2D eigenvalue weighted by Crippen LogP contribution is 2.42. The summed E-state index contributed by atoms with van der Waals surface area (Å²) in [6.07, 6.45) is 0.965. The molecule has 0 bridgehead atoms. The number of hydrogen-bond acceptors (Lipinski definition) is 5. The molecule has 5 N–H and O–H groups in total. The van der Waals surface area contributed by atoms with Gasteiger partial charge in [-0.25, -0.2) is 0 Å². The molecule has 1 atom stereocenters. The van der Waals surface area contributed by atoms with Crippen LogP contribution in [0.2, 0.25) is 0 Å². The Hall–Kier alpha value is -1.43. The first kappa shape index (κ1) is 12.6. The topological polar surface area (TPSA) is 90.4 Å². The number of nitrogen functional groups attached to an aromatic ring is 1. The first-order valence-electron chi connectivity index (χ1n) is 5.03. The molecule has 0 aromatic carbocycles. The summed E-state index contributed by atoms with van der Waals surface area (Å²) >= 11 is 1.23. The van der Waals surface area contributed by atoms with E-state index in [0.717, 1.165) is 11.4 Å². The van der Waals surface area contributed by atoms with Crippen molar-refractivity contribution in [2.75, 3.05) is 18.2 Å². The smallest absolute Gasteiger partial charge is 0.261 e. The lowest BCUT2D eigenvalue weighted by molar-refractivity contribution is 0.100. The number of carbonyl (C=O) groups excluding carboxylic acids is 1. The number of amides is 1. The van der Waals surface area contributed by atoms with Crippen LogP contribution in [0.25, 0.3) is 0 Å². The van der Waals surface area contributed by atoms with Gasteiger partial charge < -0.3 is 21.5 Å². The quantitative estimate of drug-likeness (QED) is 0.733. The Balaban J connectivity index is 3.08. The van der Waals surface area contributed by atoms with Crippen LogP contribution in [0, 0.1) is 0 Å². The molecule has 0 saturated heterocycles. The zero-order valence-corrected chi connectivity index (χ0v) is 10.5. The number of rotatable bonds is 5. The maximum absolute atomic E-state index is 11.1. The van der Waals surface area contributed by atoms with Crippen molar-refractivity contribution in [3.63, 3.8) is 0 Å². The number of methoxy groups -OCH3 is 1. The summed E-state index contributed by atoms with van der Waals surface area (Å²) in [6, 6.07) is 0.285. The molecule has 0 aliphatic carbocycles. The molecular weight excluding hydrogens is 226 g/mol. The van der Waals surface area contributed by atoms with Gasteiger partial charge in [-0.1, -0.05) is 6.92 Å². The van der Waals surface area contributed by atoms with Gasteiger partial charge in [0.1, 0.15) is 15.6 Å². The summed E-state index contributed by atoms with van der Waals surface area (Å²) in [6.45, 7) is 4.11. The molecule has 1 unspecified atom stereocenters. The molecule has 6 heteroatoms. The number of primary amides is 1. The molecule has 0 fully saturated rings. The second-order valence-corrected chi connectivity index (χ2v) is 4.55. The minimum atomic E-state index is -0.530. The number of nitrogens with one attached hydrogen (secondary N) is 1. The van der Waals surface area contributed by atoms with Crippen molar-refractivity contribution in [1.29, 1.82) is 0 Å². The Bertz CT molecular complexity index is 390. The van der Waals surface area contributed by atoms with Crippen molar-refractivity contribution >= 4 is 27.9 Å². The third-order valence-electron chi connectivity index (χ3n) is 2.32. The minimum absolute atomic E-state index is 0.285. The van der Waals surface area contributed by atoms with Gasteiger partial charge in [0.2, 0.25) is 0 Å². The molecular formula is C10H17N3O2S.